The molecule has 0 saturated carbocycles. The summed E-state index contributed by atoms with van der Waals surface area (Å²) in [6, 6.07) is 8.14. The summed E-state index contributed by atoms with van der Waals surface area (Å²) in [6.45, 7) is 11.8. The van der Waals surface area contributed by atoms with Crippen molar-refractivity contribution < 1.29 is 23.5 Å². The van der Waals surface area contributed by atoms with E-state index >= 15 is 0 Å². The van der Waals surface area contributed by atoms with Crippen LogP contribution in [0.5, 0.6) is 11.5 Å². The Hall–Kier alpha value is -3.98. The maximum Gasteiger partial charge on any atom is 0.297 e. The molecule has 4 aromatic rings. The van der Waals surface area contributed by atoms with Gasteiger partial charge in [0.2, 0.25) is 5.76 Å². The molecule has 40 heavy (non-hydrogen) atoms. The molecule has 1 aliphatic heterocycles. The number of methoxy groups -OCH3 is 1. The first-order valence-corrected chi connectivity index (χ1v) is 14.0. The van der Waals surface area contributed by atoms with Crippen LogP contribution in [0.2, 0.25) is 0 Å². The van der Waals surface area contributed by atoms with Gasteiger partial charge in [-0.05, 0) is 74.1 Å². The Morgan fingerprint density at radius 2 is 1.82 bits per heavy atom. The zero-order chi connectivity index (χ0) is 28.9. The number of aryl methyl sites for hydroxylation is 3. The van der Waals surface area contributed by atoms with Gasteiger partial charge in [-0.15, -0.1) is 0 Å². The van der Waals surface area contributed by atoms with Gasteiger partial charge >= 0.3 is 0 Å². The number of carbonyl (C=O) groups is 2. The zero-order valence-electron chi connectivity index (χ0n) is 23.7. The van der Waals surface area contributed by atoms with Crippen molar-refractivity contribution in [3.63, 3.8) is 0 Å². The smallest absolute Gasteiger partial charge is 0.297 e. The molecular formula is C31H32N2O6S. The van der Waals surface area contributed by atoms with E-state index < -0.39 is 11.9 Å². The third-order valence-electron chi connectivity index (χ3n) is 7.25. The van der Waals surface area contributed by atoms with Gasteiger partial charge in [0.05, 0.1) is 41.3 Å². The Morgan fingerprint density at radius 1 is 1.10 bits per heavy atom. The van der Waals surface area contributed by atoms with E-state index in [1.54, 1.807) is 38.3 Å². The van der Waals surface area contributed by atoms with Crippen LogP contribution in [0.15, 0.2) is 39.5 Å². The number of rotatable bonds is 8. The first-order valence-electron chi connectivity index (χ1n) is 13.2. The number of hydrogen-bond acceptors (Lipinski definition) is 8. The second-order valence-corrected chi connectivity index (χ2v) is 11.6. The highest BCUT2D eigenvalue weighted by atomic mass is 32.1. The third-order valence-corrected chi connectivity index (χ3v) is 8.51. The van der Waals surface area contributed by atoms with Crippen molar-refractivity contribution in [1.29, 1.82) is 0 Å². The molecule has 2 aromatic heterocycles. The Bertz CT molecular complexity index is 1720. The molecule has 1 atom stereocenters. The number of benzene rings is 2. The van der Waals surface area contributed by atoms with Crippen LogP contribution in [0.25, 0.3) is 11.0 Å². The molecule has 5 rings (SSSR count). The maximum absolute atomic E-state index is 14.0. The summed E-state index contributed by atoms with van der Waals surface area (Å²) in [5, 5.41) is 0.720. The lowest BCUT2D eigenvalue weighted by molar-refractivity contribution is 0.0969. The van der Waals surface area contributed by atoms with Crippen molar-refractivity contribution in [1.82, 2.24) is 4.98 Å². The van der Waals surface area contributed by atoms with Crippen LogP contribution < -0.4 is 19.8 Å². The Balaban J connectivity index is 1.72. The summed E-state index contributed by atoms with van der Waals surface area (Å²) in [4.78, 5) is 46.7. The monoisotopic (exact) mass is 560 g/mol. The number of ketones is 1. The summed E-state index contributed by atoms with van der Waals surface area (Å²) < 4.78 is 17.8. The Kier molecular flexibility index (Phi) is 7.27. The standard InChI is InChI=1S/C31H32N2O6S/c1-15(2)10-11-38-22-9-8-20(14-24(22)37-7)26-25-27(35)21-12-16(3)17(4)13-23(21)39-28(25)30(36)33(26)31-32-18(5)29(40-31)19(6)34/h8-9,12-15,26H,10-11H2,1-7H3. The van der Waals surface area contributed by atoms with Gasteiger partial charge in [-0.2, -0.15) is 0 Å². The maximum atomic E-state index is 14.0. The van der Waals surface area contributed by atoms with Gasteiger partial charge in [-0.3, -0.25) is 19.3 Å². The third kappa shape index (κ3) is 4.68. The average Bonchev–Trinajstić information content (AvgIpc) is 3.42. The Labute approximate surface area is 236 Å². The largest absolute Gasteiger partial charge is 0.493 e. The number of ether oxygens (including phenoxy) is 2. The molecule has 1 amide bonds. The van der Waals surface area contributed by atoms with E-state index in [0.717, 1.165) is 28.9 Å². The first kappa shape index (κ1) is 27.6. The number of aromatic nitrogens is 1. The van der Waals surface area contributed by atoms with E-state index in [0.29, 0.717) is 56.3 Å². The van der Waals surface area contributed by atoms with E-state index in [4.69, 9.17) is 13.9 Å². The van der Waals surface area contributed by atoms with Crippen molar-refractivity contribution in [2.45, 2.75) is 54.0 Å². The van der Waals surface area contributed by atoms with Crippen LogP contribution in [0.4, 0.5) is 5.13 Å². The normalized spacial score (nSPS) is 14.8. The van der Waals surface area contributed by atoms with Crippen molar-refractivity contribution in [3.05, 3.63) is 79.1 Å². The van der Waals surface area contributed by atoms with Crippen molar-refractivity contribution >= 4 is 39.1 Å². The molecule has 0 N–H and O–H groups in total. The van der Waals surface area contributed by atoms with Crippen LogP contribution in [0, 0.1) is 26.7 Å². The van der Waals surface area contributed by atoms with Gasteiger partial charge in [0.15, 0.2) is 27.8 Å². The molecule has 0 aliphatic carbocycles. The number of anilines is 1. The molecule has 0 saturated heterocycles. The predicted octanol–water partition coefficient (Wildman–Crippen LogP) is 6.56. The fourth-order valence-corrected chi connectivity index (χ4v) is 5.92. The zero-order valence-corrected chi connectivity index (χ0v) is 24.5. The molecule has 0 spiro atoms. The summed E-state index contributed by atoms with van der Waals surface area (Å²) in [6.07, 6.45) is 0.887. The first-order chi connectivity index (χ1) is 19.0. The second kappa shape index (κ2) is 10.5. The molecule has 0 fully saturated rings. The number of hydrogen-bond donors (Lipinski definition) is 0. The van der Waals surface area contributed by atoms with Crippen LogP contribution in [0.1, 0.15) is 81.4 Å². The molecule has 0 radical (unpaired) electrons. The minimum absolute atomic E-state index is 0.0285. The molecule has 208 valence electrons. The van der Waals surface area contributed by atoms with Crippen LogP contribution in [-0.4, -0.2) is 30.4 Å². The van der Waals surface area contributed by atoms with Gasteiger partial charge in [-0.25, -0.2) is 4.98 Å². The van der Waals surface area contributed by atoms with E-state index in [9.17, 15) is 14.4 Å². The van der Waals surface area contributed by atoms with Gasteiger partial charge in [0, 0.05) is 6.92 Å². The van der Waals surface area contributed by atoms with E-state index in [1.807, 2.05) is 19.9 Å². The highest BCUT2D eigenvalue weighted by Crippen LogP contribution is 2.45. The summed E-state index contributed by atoms with van der Waals surface area (Å²) in [5.41, 5.74) is 3.36. The fourth-order valence-electron chi connectivity index (χ4n) is 4.93. The molecule has 3 heterocycles. The number of amides is 1. The van der Waals surface area contributed by atoms with Gasteiger partial charge in [0.1, 0.15) is 5.58 Å². The van der Waals surface area contributed by atoms with E-state index in [1.165, 1.54) is 11.8 Å². The van der Waals surface area contributed by atoms with Crippen molar-refractivity contribution in [2.75, 3.05) is 18.6 Å². The summed E-state index contributed by atoms with van der Waals surface area (Å²) in [5.74, 6) is 0.888. The highest BCUT2D eigenvalue weighted by molar-refractivity contribution is 7.17. The SMILES string of the molecule is COc1cc(C2c3c(oc4cc(C)c(C)cc4c3=O)C(=O)N2c2nc(C)c(C(C)=O)s2)ccc1OCCC(C)C. The number of fused-ring (bicyclic) bond motifs is 2. The quantitative estimate of drug-likeness (QED) is 0.225. The van der Waals surface area contributed by atoms with Gasteiger partial charge in [-0.1, -0.05) is 31.3 Å². The van der Waals surface area contributed by atoms with Crippen molar-refractivity contribution in [2.24, 2.45) is 5.92 Å². The molecule has 0 bridgehead atoms. The lowest BCUT2D eigenvalue weighted by atomic mass is 9.97. The number of Topliss-reactive ketones (excluding diaryl/α,β-unsaturated/α-hetero) is 1. The molecule has 1 aliphatic rings. The van der Waals surface area contributed by atoms with Gasteiger partial charge < -0.3 is 13.9 Å². The lowest BCUT2D eigenvalue weighted by Crippen LogP contribution is -2.29. The minimum atomic E-state index is -0.839. The lowest BCUT2D eigenvalue weighted by Gasteiger charge is -2.23. The van der Waals surface area contributed by atoms with E-state index in [2.05, 4.69) is 18.8 Å². The number of thiazole rings is 1. The molecule has 2 aromatic carbocycles. The van der Waals surface area contributed by atoms with Gasteiger partial charge in [0.25, 0.3) is 5.91 Å². The molecule has 1 unspecified atom stereocenters. The van der Waals surface area contributed by atoms with Crippen LogP contribution >= 0.6 is 11.3 Å². The van der Waals surface area contributed by atoms with E-state index in [-0.39, 0.29) is 22.5 Å². The summed E-state index contributed by atoms with van der Waals surface area (Å²) >= 11 is 1.12. The second-order valence-electron chi connectivity index (χ2n) is 10.6. The fraction of sp³-hybridized carbons (Fsp3) is 0.355. The number of carbonyl (C=O) groups excluding carboxylic acids is 2. The topological polar surface area (TPSA) is 98.9 Å². The summed E-state index contributed by atoms with van der Waals surface area (Å²) in [7, 11) is 1.55. The Morgan fingerprint density at radius 3 is 2.48 bits per heavy atom. The van der Waals surface area contributed by atoms with Crippen LogP contribution in [-0.2, 0) is 0 Å². The number of nitrogens with zero attached hydrogens (tertiary/aromatic N) is 2. The minimum Gasteiger partial charge on any atom is -0.493 e. The predicted molar refractivity (Wildman–Crippen MR) is 155 cm³/mol. The molecule has 8 nitrogen and oxygen atoms in total. The molecule has 9 heteroatoms. The molecular weight excluding hydrogens is 528 g/mol. The van der Waals surface area contributed by atoms with Crippen LogP contribution in [0.3, 0.4) is 0 Å². The average molecular weight is 561 g/mol. The van der Waals surface area contributed by atoms with Crippen molar-refractivity contribution in [3.8, 4) is 11.5 Å². The highest BCUT2D eigenvalue weighted by Gasteiger charge is 2.45.